The Morgan fingerprint density at radius 3 is 2.41 bits per heavy atom. The van der Waals surface area contributed by atoms with Crippen molar-refractivity contribution in [3.8, 4) is 16.9 Å². The van der Waals surface area contributed by atoms with Crippen molar-refractivity contribution >= 4 is 16.9 Å². The monoisotopic (exact) mass is 491 g/mol. The van der Waals surface area contributed by atoms with Crippen LogP contribution in [0.3, 0.4) is 0 Å². The van der Waals surface area contributed by atoms with E-state index in [1.807, 2.05) is 61.5 Å². The van der Waals surface area contributed by atoms with Crippen LogP contribution in [0.4, 0.5) is 0 Å². The molecule has 4 aromatic carbocycles. The molecule has 1 atom stereocenters. The third-order valence-electron chi connectivity index (χ3n) is 6.23. The van der Waals surface area contributed by atoms with E-state index in [4.69, 9.17) is 14.8 Å². The smallest absolute Gasteiger partial charge is 0.251 e. The number of aromatic nitrogens is 2. The maximum absolute atomic E-state index is 12.5. The number of hydrogen-bond acceptors (Lipinski definition) is 4. The first-order chi connectivity index (χ1) is 18.1. The number of benzene rings is 4. The molecule has 0 aliphatic rings. The average molecular weight is 492 g/mol. The Bertz CT molecular complexity index is 1500. The third-order valence-corrected chi connectivity index (χ3v) is 6.23. The fraction of sp³-hybridized carbons (Fsp3) is 0.161. The molecule has 37 heavy (non-hydrogen) atoms. The summed E-state index contributed by atoms with van der Waals surface area (Å²) in [6.45, 7) is 2.68. The van der Waals surface area contributed by atoms with Crippen LogP contribution in [0.15, 0.2) is 103 Å². The zero-order valence-electron chi connectivity index (χ0n) is 20.7. The van der Waals surface area contributed by atoms with Gasteiger partial charge in [-0.3, -0.25) is 4.79 Å². The molecule has 1 amide bonds. The molecule has 1 heterocycles. The molecule has 186 valence electrons. The summed E-state index contributed by atoms with van der Waals surface area (Å²) < 4.78 is 8.40. The molecule has 0 saturated heterocycles. The van der Waals surface area contributed by atoms with E-state index in [1.54, 1.807) is 12.1 Å². The number of rotatable bonds is 9. The van der Waals surface area contributed by atoms with Crippen LogP contribution < -0.4 is 10.1 Å². The Labute approximate surface area is 216 Å². The number of nitrogens with one attached hydrogen (secondary N) is 1. The predicted molar refractivity (Wildman–Crippen MR) is 146 cm³/mol. The van der Waals surface area contributed by atoms with Crippen molar-refractivity contribution in [2.45, 2.75) is 19.6 Å². The largest absolute Gasteiger partial charge is 0.483 e. The van der Waals surface area contributed by atoms with Gasteiger partial charge in [0.15, 0.2) is 11.9 Å². The molecule has 5 aromatic rings. The minimum absolute atomic E-state index is 0.108. The van der Waals surface area contributed by atoms with Crippen molar-refractivity contribution in [2.75, 3.05) is 13.2 Å². The molecule has 1 aromatic heterocycles. The maximum atomic E-state index is 12.5. The molecule has 0 radical (unpaired) electrons. The number of amides is 1. The number of ether oxygens (including phenoxy) is 1. The SMILES string of the molecule is CC(Oc1ccccc1)c1nc2cc(C(=O)NCCO)ccc2n1Cc1cccc(-c2ccccc2)c1. The molecule has 0 aliphatic carbocycles. The van der Waals surface area contributed by atoms with Crippen LogP contribution in [0.5, 0.6) is 5.75 Å². The van der Waals surface area contributed by atoms with Crippen LogP contribution >= 0.6 is 0 Å². The zero-order valence-corrected chi connectivity index (χ0v) is 20.7. The molecular formula is C31H29N3O3. The van der Waals surface area contributed by atoms with Crippen LogP contribution in [-0.4, -0.2) is 33.7 Å². The standard InChI is InChI=1S/C31H29N3O3/c1-22(37-27-13-6-3-7-14-27)30-33-28-20-26(31(36)32-17-18-35)15-16-29(28)34(30)21-23-9-8-12-25(19-23)24-10-4-2-5-11-24/h2-16,19-20,22,35H,17-18,21H2,1H3,(H,32,36). The number of aliphatic hydroxyl groups is 1. The first-order valence-corrected chi connectivity index (χ1v) is 12.4. The van der Waals surface area contributed by atoms with Crippen LogP contribution in [0.1, 0.15) is 34.8 Å². The highest BCUT2D eigenvalue weighted by molar-refractivity contribution is 5.97. The minimum atomic E-state index is -0.321. The van der Waals surface area contributed by atoms with Gasteiger partial charge in [-0.05, 0) is 60.0 Å². The lowest BCUT2D eigenvalue weighted by atomic mass is 10.0. The van der Waals surface area contributed by atoms with E-state index < -0.39 is 0 Å². The van der Waals surface area contributed by atoms with Crippen LogP contribution in [0.25, 0.3) is 22.2 Å². The normalized spacial score (nSPS) is 11.8. The summed E-state index contributed by atoms with van der Waals surface area (Å²) in [5.41, 5.74) is 5.59. The summed E-state index contributed by atoms with van der Waals surface area (Å²) in [5.74, 6) is 1.30. The first-order valence-electron chi connectivity index (χ1n) is 12.4. The van der Waals surface area contributed by atoms with E-state index in [2.05, 4.69) is 46.3 Å². The lowest BCUT2D eigenvalue weighted by Gasteiger charge is -2.17. The Morgan fingerprint density at radius 1 is 0.919 bits per heavy atom. The second-order valence-corrected chi connectivity index (χ2v) is 8.88. The van der Waals surface area contributed by atoms with Gasteiger partial charge in [-0.2, -0.15) is 0 Å². The van der Waals surface area contributed by atoms with Gasteiger partial charge in [-0.15, -0.1) is 0 Å². The molecule has 0 spiro atoms. The van der Waals surface area contributed by atoms with Gasteiger partial charge in [-0.25, -0.2) is 4.98 Å². The minimum Gasteiger partial charge on any atom is -0.483 e. The van der Waals surface area contributed by atoms with E-state index in [9.17, 15) is 4.79 Å². The molecule has 0 fully saturated rings. The molecule has 2 N–H and O–H groups in total. The molecule has 0 saturated carbocycles. The van der Waals surface area contributed by atoms with Gasteiger partial charge in [0.2, 0.25) is 0 Å². The van der Waals surface area contributed by atoms with E-state index in [1.165, 1.54) is 5.56 Å². The fourth-order valence-electron chi connectivity index (χ4n) is 4.46. The van der Waals surface area contributed by atoms with Gasteiger partial charge >= 0.3 is 0 Å². The van der Waals surface area contributed by atoms with Crippen molar-refractivity contribution < 1.29 is 14.6 Å². The van der Waals surface area contributed by atoms with Gasteiger partial charge in [-0.1, -0.05) is 66.7 Å². The van der Waals surface area contributed by atoms with Crippen molar-refractivity contribution in [1.82, 2.24) is 14.9 Å². The van der Waals surface area contributed by atoms with Crippen molar-refractivity contribution in [3.05, 3.63) is 120 Å². The molecule has 0 aliphatic heterocycles. The number of aliphatic hydroxyl groups excluding tert-OH is 1. The summed E-state index contributed by atoms with van der Waals surface area (Å²) in [5, 5.41) is 11.7. The third kappa shape index (κ3) is 5.55. The zero-order chi connectivity index (χ0) is 25.6. The van der Waals surface area contributed by atoms with Gasteiger partial charge in [0.05, 0.1) is 17.6 Å². The Hall–Kier alpha value is -4.42. The summed E-state index contributed by atoms with van der Waals surface area (Å²) in [7, 11) is 0. The van der Waals surface area contributed by atoms with Gasteiger partial charge in [0.25, 0.3) is 5.91 Å². The van der Waals surface area contributed by atoms with Crippen LogP contribution in [0.2, 0.25) is 0 Å². The van der Waals surface area contributed by atoms with Crippen LogP contribution in [0, 0.1) is 0 Å². The number of para-hydroxylation sites is 1. The average Bonchev–Trinajstić information content (AvgIpc) is 3.30. The quantitative estimate of drug-likeness (QED) is 0.281. The molecular weight excluding hydrogens is 462 g/mol. The summed E-state index contributed by atoms with van der Waals surface area (Å²) in [6, 6.07) is 34.0. The molecule has 5 rings (SSSR count). The van der Waals surface area contributed by atoms with Crippen LogP contribution in [-0.2, 0) is 6.54 Å². The van der Waals surface area contributed by atoms with E-state index >= 15 is 0 Å². The predicted octanol–water partition coefficient (Wildman–Crippen LogP) is 5.61. The fourth-order valence-corrected chi connectivity index (χ4v) is 4.46. The second-order valence-electron chi connectivity index (χ2n) is 8.88. The van der Waals surface area contributed by atoms with Crippen molar-refractivity contribution in [2.24, 2.45) is 0 Å². The first kappa shape index (κ1) is 24.3. The number of carbonyl (C=O) groups is 1. The summed E-state index contributed by atoms with van der Waals surface area (Å²) in [4.78, 5) is 17.4. The number of fused-ring (bicyclic) bond motifs is 1. The molecule has 6 nitrogen and oxygen atoms in total. The Balaban J connectivity index is 1.53. The maximum Gasteiger partial charge on any atom is 0.251 e. The van der Waals surface area contributed by atoms with Crippen molar-refractivity contribution in [1.29, 1.82) is 0 Å². The van der Waals surface area contributed by atoms with E-state index in [0.717, 1.165) is 33.7 Å². The van der Waals surface area contributed by atoms with Crippen molar-refractivity contribution in [3.63, 3.8) is 0 Å². The highest BCUT2D eigenvalue weighted by Crippen LogP contribution is 2.28. The summed E-state index contributed by atoms with van der Waals surface area (Å²) >= 11 is 0. The highest BCUT2D eigenvalue weighted by Gasteiger charge is 2.20. The van der Waals surface area contributed by atoms with E-state index in [0.29, 0.717) is 12.1 Å². The van der Waals surface area contributed by atoms with Gasteiger partial charge < -0.3 is 19.7 Å². The Kier molecular flexibility index (Phi) is 7.28. The Morgan fingerprint density at radius 2 is 1.65 bits per heavy atom. The number of nitrogens with zero attached hydrogens (tertiary/aromatic N) is 2. The lowest BCUT2D eigenvalue weighted by Crippen LogP contribution is -2.26. The van der Waals surface area contributed by atoms with E-state index in [-0.39, 0.29) is 25.2 Å². The molecule has 0 bridgehead atoms. The number of hydrogen-bond donors (Lipinski definition) is 2. The molecule has 6 heteroatoms. The summed E-state index contributed by atoms with van der Waals surface area (Å²) in [6.07, 6.45) is -0.321. The topological polar surface area (TPSA) is 76.4 Å². The second kappa shape index (κ2) is 11.1. The van der Waals surface area contributed by atoms with Gasteiger partial charge in [0.1, 0.15) is 5.75 Å². The number of carbonyl (C=O) groups excluding carboxylic acids is 1. The highest BCUT2D eigenvalue weighted by atomic mass is 16.5. The van der Waals surface area contributed by atoms with Gasteiger partial charge in [0, 0.05) is 18.7 Å². The lowest BCUT2D eigenvalue weighted by molar-refractivity contribution is 0.0945. The number of imidazole rings is 1. The molecule has 1 unspecified atom stereocenters.